The molecule has 1 fully saturated rings. The number of aromatic nitrogens is 2. The maximum atomic E-state index is 14.9. The maximum Gasteiger partial charge on any atom is 0.329 e. The number of ether oxygens (including phenoxy) is 1. The monoisotopic (exact) mass is 484 g/mol. The Morgan fingerprint density at radius 2 is 1.74 bits per heavy atom. The lowest BCUT2D eigenvalue weighted by molar-refractivity contribution is -0.142. The summed E-state index contributed by atoms with van der Waals surface area (Å²) in [6.45, 7) is 0.628. The lowest BCUT2D eigenvalue weighted by atomic mass is 9.82. The largest absolute Gasteiger partial charge is 0.480 e. The van der Waals surface area contributed by atoms with Crippen LogP contribution >= 0.6 is 0 Å². The van der Waals surface area contributed by atoms with E-state index in [1.807, 2.05) is 35.0 Å². The average Bonchev–Trinajstić information content (AvgIpc) is 3.20. The van der Waals surface area contributed by atoms with Crippen LogP contribution < -0.4 is 0 Å². The molecule has 8 heteroatoms. The average molecular weight is 485 g/mol. The smallest absolute Gasteiger partial charge is 0.329 e. The molecule has 1 heterocycles. The fourth-order valence-corrected chi connectivity index (χ4v) is 4.92. The van der Waals surface area contributed by atoms with Gasteiger partial charge in [0.2, 0.25) is 0 Å². The maximum absolute atomic E-state index is 14.9. The van der Waals surface area contributed by atoms with Crippen LogP contribution in [0.1, 0.15) is 31.4 Å². The Bertz CT molecular complexity index is 1140. The Hall–Kier alpha value is -3.10. The van der Waals surface area contributed by atoms with Crippen LogP contribution in [-0.2, 0) is 22.5 Å². The summed E-state index contributed by atoms with van der Waals surface area (Å²) in [6, 6.07) is 13.5. The number of aliphatic carboxylic acids is 1. The molecule has 186 valence electrons. The molecular weight excluding hydrogens is 454 g/mol. The molecule has 3 aromatic rings. The minimum absolute atomic E-state index is 0.137. The van der Waals surface area contributed by atoms with Gasteiger partial charge in [-0.1, -0.05) is 42.5 Å². The summed E-state index contributed by atoms with van der Waals surface area (Å²) in [5, 5.41) is 23.4. The summed E-state index contributed by atoms with van der Waals surface area (Å²) >= 11 is 0. The van der Waals surface area contributed by atoms with Gasteiger partial charge in [0.1, 0.15) is 12.3 Å². The van der Waals surface area contributed by atoms with Crippen molar-refractivity contribution >= 4 is 5.97 Å². The molecule has 1 aromatic heterocycles. The van der Waals surface area contributed by atoms with Gasteiger partial charge in [-0.25, -0.2) is 13.6 Å². The van der Waals surface area contributed by atoms with Crippen molar-refractivity contribution in [3.05, 3.63) is 65.9 Å². The molecule has 0 saturated heterocycles. The van der Waals surface area contributed by atoms with Crippen molar-refractivity contribution in [1.82, 2.24) is 9.78 Å². The van der Waals surface area contributed by atoms with E-state index in [4.69, 9.17) is 14.9 Å². The van der Waals surface area contributed by atoms with Gasteiger partial charge in [-0.15, -0.1) is 0 Å². The highest BCUT2D eigenvalue weighted by atomic mass is 19.2. The third kappa shape index (κ3) is 5.94. The number of carbonyl (C=O) groups is 1. The number of carboxylic acids is 1. The van der Waals surface area contributed by atoms with Crippen LogP contribution in [0.3, 0.4) is 0 Å². The summed E-state index contributed by atoms with van der Waals surface area (Å²) in [6.07, 6.45) is 3.99. The normalized spacial score (nSPS) is 18.0. The molecule has 0 amide bonds. The van der Waals surface area contributed by atoms with E-state index in [1.165, 1.54) is 6.07 Å². The zero-order valence-corrected chi connectivity index (χ0v) is 19.5. The molecule has 2 aromatic carbocycles. The number of aliphatic hydroxyl groups is 1. The van der Waals surface area contributed by atoms with Crippen molar-refractivity contribution in [2.45, 2.75) is 38.6 Å². The van der Waals surface area contributed by atoms with E-state index in [2.05, 4.69) is 0 Å². The number of aliphatic hydroxyl groups excluding tert-OH is 1. The van der Waals surface area contributed by atoms with E-state index < -0.39 is 17.6 Å². The predicted molar refractivity (Wildman–Crippen MR) is 128 cm³/mol. The van der Waals surface area contributed by atoms with Crippen LogP contribution in [0.15, 0.2) is 48.5 Å². The van der Waals surface area contributed by atoms with E-state index >= 15 is 0 Å². The number of nitrogens with zero attached hydrogens (tertiary/aromatic N) is 2. The van der Waals surface area contributed by atoms with E-state index in [-0.39, 0.29) is 25.2 Å². The lowest BCUT2D eigenvalue weighted by Crippen LogP contribution is -2.24. The van der Waals surface area contributed by atoms with Gasteiger partial charge in [-0.3, -0.25) is 4.68 Å². The van der Waals surface area contributed by atoms with Crippen molar-refractivity contribution in [3.8, 4) is 22.4 Å². The number of carboxylic acid groups (broad SMARTS) is 1. The number of hydrogen-bond donors (Lipinski definition) is 2. The summed E-state index contributed by atoms with van der Waals surface area (Å²) in [5.41, 5.74) is 2.69. The van der Waals surface area contributed by atoms with E-state index in [9.17, 15) is 18.7 Å². The molecule has 35 heavy (non-hydrogen) atoms. The Balaban J connectivity index is 1.62. The zero-order valence-electron chi connectivity index (χ0n) is 19.5. The molecule has 2 N–H and O–H groups in total. The molecule has 1 aliphatic carbocycles. The second-order valence-electron chi connectivity index (χ2n) is 9.09. The number of rotatable bonds is 10. The van der Waals surface area contributed by atoms with Crippen LogP contribution in [0.4, 0.5) is 8.78 Å². The van der Waals surface area contributed by atoms with Gasteiger partial charge >= 0.3 is 5.97 Å². The van der Waals surface area contributed by atoms with Gasteiger partial charge in [0.25, 0.3) is 0 Å². The number of hydrogen-bond acceptors (Lipinski definition) is 4. The number of benzene rings is 2. The minimum Gasteiger partial charge on any atom is -0.480 e. The van der Waals surface area contributed by atoms with Gasteiger partial charge < -0.3 is 14.9 Å². The first kappa shape index (κ1) is 25.0. The first-order chi connectivity index (χ1) is 17.0. The number of halogens is 2. The second kappa shape index (κ2) is 11.6. The van der Waals surface area contributed by atoms with E-state index in [0.717, 1.165) is 37.3 Å². The van der Waals surface area contributed by atoms with Gasteiger partial charge in [0.05, 0.1) is 6.61 Å². The fourth-order valence-electron chi connectivity index (χ4n) is 4.92. The molecule has 0 atom stereocenters. The summed E-state index contributed by atoms with van der Waals surface area (Å²) in [7, 11) is 0. The third-order valence-electron chi connectivity index (χ3n) is 6.65. The highest BCUT2D eigenvalue weighted by molar-refractivity contribution is 5.83. The Morgan fingerprint density at radius 1 is 1.03 bits per heavy atom. The van der Waals surface area contributed by atoms with Gasteiger partial charge in [0.15, 0.2) is 11.6 Å². The SMILES string of the molecule is O=C(O)COC[C@H]1CC[C@@H](Cn2nc(-c3ccccc3)c(-c3cccc(F)c3F)c2CCO)CC1. The fraction of sp³-hybridized carbons (Fsp3) is 0.407. The van der Waals surface area contributed by atoms with Crippen molar-refractivity contribution < 1.29 is 28.5 Å². The molecule has 4 rings (SSSR count). The van der Waals surface area contributed by atoms with Crippen LogP contribution in [0.2, 0.25) is 0 Å². The van der Waals surface area contributed by atoms with Crippen LogP contribution in [0.25, 0.3) is 22.4 Å². The summed E-state index contributed by atoms with van der Waals surface area (Å²) < 4.78 is 36.2. The molecule has 1 saturated carbocycles. The highest BCUT2D eigenvalue weighted by Gasteiger charge is 2.27. The summed E-state index contributed by atoms with van der Waals surface area (Å²) in [4.78, 5) is 10.7. The molecule has 6 nitrogen and oxygen atoms in total. The van der Waals surface area contributed by atoms with Crippen LogP contribution in [-0.4, -0.2) is 45.8 Å². The molecule has 0 spiro atoms. The predicted octanol–water partition coefficient (Wildman–Crippen LogP) is 4.94. The molecular formula is C27H30F2N2O4. The van der Waals surface area contributed by atoms with Crippen molar-refractivity contribution in [3.63, 3.8) is 0 Å². The van der Waals surface area contributed by atoms with Crippen LogP contribution in [0, 0.1) is 23.5 Å². The van der Waals surface area contributed by atoms with Crippen molar-refractivity contribution in [2.24, 2.45) is 11.8 Å². The zero-order chi connectivity index (χ0) is 24.8. The van der Waals surface area contributed by atoms with Gasteiger partial charge in [-0.05, 0) is 43.6 Å². The molecule has 0 unspecified atom stereocenters. The standard InChI is InChI=1S/C27H30F2N2O4/c28-22-8-4-7-21(26(22)29)25-23(13-14-32)31(30-27(25)20-5-2-1-3-6-20)15-18-9-11-19(12-10-18)16-35-17-24(33)34/h1-8,18-19,32H,9-17H2,(H,33,34)/t18-,19+. The van der Waals surface area contributed by atoms with Crippen molar-refractivity contribution in [2.75, 3.05) is 19.8 Å². The minimum atomic E-state index is -0.964. The third-order valence-corrected chi connectivity index (χ3v) is 6.65. The first-order valence-electron chi connectivity index (χ1n) is 12.0. The lowest BCUT2D eigenvalue weighted by Gasteiger charge is -2.28. The second-order valence-corrected chi connectivity index (χ2v) is 9.09. The molecule has 0 bridgehead atoms. The van der Waals surface area contributed by atoms with E-state index in [0.29, 0.717) is 41.9 Å². The Kier molecular flexibility index (Phi) is 8.25. The van der Waals surface area contributed by atoms with Gasteiger partial charge in [-0.2, -0.15) is 5.10 Å². The Morgan fingerprint density at radius 3 is 2.43 bits per heavy atom. The summed E-state index contributed by atoms with van der Waals surface area (Å²) in [5.74, 6) is -2.15. The van der Waals surface area contributed by atoms with E-state index in [1.54, 1.807) is 6.07 Å². The molecule has 0 aliphatic heterocycles. The molecule has 0 radical (unpaired) electrons. The van der Waals surface area contributed by atoms with Gasteiger partial charge in [0, 0.05) is 42.0 Å². The Labute approximate surface area is 203 Å². The first-order valence-corrected chi connectivity index (χ1v) is 12.0. The highest BCUT2D eigenvalue weighted by Crippen LogP contribution is 2.38. The quantitative estimate of drug-likeness (QED) is 0.426. The van der Waals surface area contributed by atoms with Crippen LogP contribution in [0.5, 0.6) is 0 Å². The van der Waals surface area contributed by atoms with Crippen molar-refractivity contribution in [1.29, 1.82) is 0 Å². The molecule has 1 aliphatic rings. The topological polar surface area (TPSA) is 84.6 Å².